The summed E-state index contributed by atoms with van der Waals surface area (Å²) in [5.41, 5.74) is 8.98. The average Bonchev–Trinajstić information content (AvgIpc) is 2.23. The standard InChI is InChI=1S/C15H24N2O2/c1-10-6-7-12(11(2)8-10)13(16)9-17-14(18)19-15(3,4)5/h6-8,13H,9,16H2,1-5H3,(H,17,18). The highest BCUT2D eigenvalue weighted by Crippen LogP contribution is 2.16. The van der Waals surface area contributed by atoms with Gasteiger partial charge in [-0.1, -0.05) is 23.8 Å². The summed E-state index contributed by atoms with van der Waals surface area (Å²) in [6, 6.07) is 5.89. The van der Waals surface area contributed by atoms with Crippen LogP contribution in [0.2, 0.25) is 0 Å². The summed E-state index contributed by atoms with van der Waals surface area (Å²) >= 11 is 0. The van der Waals surface area contributed by atoms with E-state index in [2.05, 4.69) is 11.4 Å². The van der Waals surface area contributed by atoms with Crippen molar-refractivity contribution < 1.29 is 9.53 Å². The third-order valence-corrected chi connectivity index (χ3v) is 2.69. The van der Waals surface area contributed by atoms with E-state index in [0.29, 0.717) is 6.54 Å². The Kier molecular flexibility index (Phi) is 4.95. The molecule has 1 aromatic rings. The van der Waals surface area contributed by atoms with Gasteiger partial charge in [0.1, 0.15) is 5.60 Å². The van der Waals surface area contributed by atoms with E-state index in [1.807, 2.05) is 46.8 Å². The SMILES string of the molecule is Cc1ccc(C(N)CNC(=O)OC(C)(C)C)c(C)c1. The highest BCUT2D eigenvalue weighted by atomic mass is 16.6. The topological polar surface area (TPSA) is 64.3 Å². The Bertz CT molecular complexity index is 450. The van der Waals surface area contributed by atoms with Crippen molar-refractivity contribution in [2.75, 3.05) is 6.54 Å². The van der Waals surface area contributed by atoms with Crippen LogP contribution in [0.25, 0.3) is 0 Å². The summed E-state index contributed by atoms with van der Waals surface area (Å²) in [6.45, 7) is 9.92. The van der Waals surface area contributed by atoms with E-state index in [1.165, 1.54) is 5.56 Å². The zero-order chi connectivity index (χ0) is 14.6. The summed E-state index contributed by atoms with van der Waals surface area (Å²) in [6.07, 6.45) is -0.437. The predicted molar refractivity (Wildman–Crippen MR) is 77.1 cm³/mol. The van der Waals surface area contributed by atoms with Gasteiger partial charge in [0.2, 0.25) is 0 Å². The number of carbonyl (C=O) groups excluding carboxylic acids is 1. The van der Waals surface area contributed by atoms with Crippen LogP contribution in [0.4, 0.5) is 4.79 Å². The number of aryl methyl sites for hydroxylation is 2. The Hall–Kier alpha value is -1.55. The van der Waals surface area contributed by atoms with Gasteiger partial charge in [0, 0.05) is 12.6 Å². The Morgan fingerprint density at radius 3 is 2.53 bits per heavy atom. The highest BCUT2D eigenvalue weighted by Gasteiger charge is 2.17. The molecule has 0 aliphatic heterocycles. The van der Waals surface area contributed by atoms with E-state index >= 15 is 0 Å². The summed E-state index contributed by atoms with van der Waals surface area (Å²) in [5, 5.41) is 2.69. The van der Waals surface area contributed by atoms with Crippen LogP contribution in [0, 0.1) is 13.8 Å². The van der Waals surface area contributed by atoms with Crippen LogP contribution in [0.3, 0.4) is 0 Å². The van der Waals surface area contributed by atoms with Gasteiger partial charge in [-0.2, -0.15) is 0 Å². The summed E-state index contributed by atoms with van der Waals surface area (Å²) in [5.74, 6) is 0. The summed E-state index contributed by atoms with van der Waals surface area (Å²) in [4.78, 5) is 11.5. The third kappa shape index (κ3) is 5.30. The minimum atomic E-state index is -0.492. The highest BCUT2D eigenvalue weighted by molar-refractivity contribution is 5.67. The van der Waals surface area contributed by atoms with E-state index in [4.69, 9.17) is 10.5 Å². The largest absolute Gasteiger partial charge is 0.444 e. The third-order valence-electron chi connectivity index (χ3n) is 2.69. The Labute approximate surface area is 115 Å². The number of carbonyl (C=O) groups is 1. The van der Waals surface area contributed by atoms with Crippen molar-refractivity contribution in [2.45, 2.75) is 46.3 Å². The molecule has 4 heteroatoms. The molecule has 0 radical (unpaired) electrons. The van der Waals surface area contributed by atoms with E-state index in [-0.39, 0.29) is 6.04 Å². The number of amides is 1. The van der Waals surface area contributed by atoms with Crippen molar-refractivity contribution in [3.8, 4) is 0 Å². The molecular formula is C15H24N2O2. The number of rotatable bonds is 3. The molecule has 0 aromatic heterocycles. The van der Waals surface area contributed by atoms with Crippen LogP contribution in [0.15, 0.2) is 18.2 Å². The fourth-order valence-corrected chi connectivity index (χ4v) is 1.86. The zero-order valence-electron chi connectivity index (χ0n) is 12.4. The van der Waals surface area contributed by atoms with Crippen molar-refractivity contribution >= 4 is 6.09 Å². The summed E-state index contributed by atoms with van der Waals surface area (Å²) < 4.78 is 5.17. The summed E-state index contributed by atoms with van der Waals surface area (Å²) in [7, 11) is 0. The fraction of sp³-hybridized carbons (Fsp3) is 0.533. The molecule has 1 rings (SSSR count). The molecule has 0 bridgehead atoms. The maximum absolute atomic E-state index is 11.5. The first kappa shape index (κ1) is 15.5. The second-order valence-electron chi connectivity index (χ2n) is 5.85. The molecular weight excluding hydrogens is 240 g/mol. The van der Waals surface area contributed by atoms with E-state index in [0.717, 1.165) is 11.1 Å². The van der Waals surface area contributed by atoms with Crippen LogP contribution in [-0.2, 0) is 4.74 Å². The maximum atomic E-state index is 11.5. The quantitative estimate of drug-likeness (QED) is 0.882. The van der Waals surface area contributed by atoms with Crippen molar-refractivity contribution in [1.29, 1.82) is 0 Å². The molecule has 0 spiro atoms. The van der Waals surface area contributed by atoms with Crippen LogP contribution >= 0.6 is 0 Å². The van der Waals surface area contributed by atoms with Crippen LogP contribution in [-0.4, -0.2) is 18.2 Å². The molecule has 0 saturated heterocycles. The molecule has 3 N–H and O–H groups in total. The number of alkyl carbamates (subject to hydrolysis) is 1. The number of hydrogen-bond acceptors (Lipinski definition) is 3. The van der Waals surface area contributed by atoms with Crippen LogP contribution in [0.1, 0.15) is 43.5 Å². The van der Waals surface area contributed by atoms with Crippen molar-refractivity contribution in [3.63, 3.8) is 0 Å². The second-order valence-corrected chi connectivity index (χ2v) is 5.85. The van der Waals surface area contributed by atoms with E-state index < -0.39 is 11.7 Å². The van der Waals surface area contributed by atoms with Gasteiger partial charge < -0.3 is 15.8 Å². The molecule has 4 nitrogen and oxygen atoms in total. The minimum Gasteiger partial charge on any atom is -0.444 e. The lowest BCUT2D eigenvalue weighted by atomic mass is 10.00. The molecule has 0 aliphatic carbocycles. The first-order valence-electron chi connectivity index (χ1n) is 6.48. The monoisotopic (exact) mass is 264 g/mol. The fourth-order valence-electron chi connectivity index (χ4n) is 1.86. The Morgan fingerprint density at radius 1 is 1.37 bits per heavy atom. The Balaban J connectivity index is 2.56. The van der Waals surface area contributed by atoms with Crippen LogP contribution < -0.4 is 11.1 Å². The minimum absolute atomic E-state index is 0.229. The maximum Gasteiger partial charge on any atom is 0.407 e. The number of hydrogen-bond donors (Lipinski definition) is 2. The van der Waals surface area contributed by atoms with Crippen molar-refractivity contribution in [3.05, 3.63) is 34.9 Å². The zero-order valence-corrected chi connectivity index (χ0v) is 12.4. The van der Waals surface area contributed by atoms with Gasteiger partial charge in [0.05, 0.1) is 0 Å². The molecule has 19 heavy (non-hydrogen) atoms. The number of nitrogens with two attached hydrogens (primary N) is 1. The average molecular weight is 264 g/mol. The van der Waals surface area contributed by atoms with Gasteiger partial charge >= 0.3 is 6.09 Å². The first-order chi connectivity index (χ1) is 8.69. The second kappa shape index (κ2) is 6.06. The molecule has 1 atom stereocenters. The van der Waals surface area contributed by atoms with Crippen molar-refractivity contribution in [1.82, 2.24) is 5.32 Å². The lowest BCUT2D eigenvalue weighted by molar-refractivity contribution is 0.0524. The van der Waals surface area contributed by atoms with Gasteiger partial charge in [0.15, 0.2) is 0 Å². The van der Waals surface area contributed by atoms with Gasteiger partial charge in [0.25, 0.3) is 0 Å². The van der Waals surface area contributed by atoms with Gasteiger partial charge in [-0.25, -0.2) is 4.79 Å². The molecule has 0 heterocycles. The smallest absolute Gasteiger partial charge is 0.407 e. The normalized spacial score (nSPS) is 12.9. The first-order valence-corrected chi connectivity index (χ1v) is 6.48. The van der Waals surface area contributed by atoms with Crippen molar-refractivity contribution in [2.24, 2.45) is 5.73 Å². The lowest BCUT2D eigenvalue weighted by Gasteiger charge is -2.21. The van der Waals surface area contributed by atoms with Gasteiger partial charge in [-0.05, 0) is 45.7 Å². The van der Waals surface area contributed by atoms with Gasteiger partial charge in [-0.15, -0.1) is 0 Å². The van der Waals surface area contributed by atoms with E-state index in [9.17, 15) is 4.79 Å². The Morgan fingerprint density at radius 2 is 2.00 bits per heavy atom. The van der Waals surface area contributed by atoms with Crippen LogP contribution in [0.5, 0.6) is 0 Å². The molecule has 106 valence electrons. The molecule has 0 fully saturated rings. The number of nitrogens with one attached hydrogen (secondary N) is 1. The van der Waals surface area contributed by atoms with E-state index in [1.54, 1.807) is 0 Å². The number of benzene rings is 1. The number of ether oxygens (including phenoxy) is 1. The lowest BCUT2D eigenvalue weighted by Crippen LogP contribution is -2.36. The molecule has 0 saturated carbocycles. The molecule has 1 unspecified atom stereocenters. The predicted octanol–water partition coefficient (Wildman–Crippen LogP) is 2.83. The molecule has 1 aromatic carbocycles. The van der Waals surface area contributed by atoms with Gasteiger partial charge in [-0.3, -0.25) is 0 Å². The molecule has 1 amide bonds. The molecule has 0 aliphatic rings.